The Morgan fingerprint density at radius 2 is 2.24 bits per heavy atom. The van der Waals surface area contributed by atoms with Crippen LogP contribution in [0.1, 0.15) is 18.4 Å². The Hall–Kier alpha value is -1.55. The van der Waals surface area contributed by atoms with Gasteiger partial charge >= 0.3 is 5.97 Å². The number of carbonyl (C=O) groups is 2. The van der Waals surface area contributed by atoms with Crippen LogP contribution in [0.15, 0.2) is 18.2 Å². The second-order valence-electron chi connectivity index (χ2n) is 3.79. The predicted molar refractivity (Wildman–Crippen MR) is 64.2 cm³/mol. The lowest BCUT2D eigenvalue weighted by atomic mass is 10.0. The molecule has 4 nitrogen and oxygen atoms in total. The zero-order valence-electron chi connectivity index (χ0n) is 9.57. The summed E-state index contributed by atoms with van der Waals surface area (Å²) in [5, 5.41) is 0.501. The van der Waals surface area contributed by atoms with Gasteiger partial charge in [-0.1, -0.05) is 11.6 Å². The molecule has 1 aliphatic heterocycles. The third kappa shape index (κ3) is 1.89. The summed E-state index contributed by atoms with van der Waals surface area (Å²) in [6.07, 6.45) is 0. The number of carbonyl (C=O) groups excluding carboxylic acids is 2. The van der Waals surface area contributed by atoms with Crippen LogP contribution < -0.4 is 4.90 Å². The maximum atomic E-state index is 12.0. The molecule has 1 aromatic rings. The summed E-state index contributed by atoms with van der Waals surface area (Å²) in [4.78, 5) is 25.2. The van der Waals surface area contributed by atoms with Crippen LogP contribution in [0.2, 0.25) is 5.02 Å². The number of benzene rings is 1. The summed E-state index contributed by atoms with van der Waals surface area (Å²) in [5.41, 5.74) is 1.32. The first-order chi connectivity index (χ1) is 8.06. The fourth-order valence-electron chi connectivity index (χ4n) is 1.96. The van der Waals surface area contributed by atoms with Crippen molar-refractivity contribution in [3.63, 3.8) is 0 Å². The van der Waals surface area contributed by atoms with Crippen LogP contribution in [0.3, 0.4) is 0 Å². The quantitative estimate of drug-likeness (QED) is 0.598. The van der Waals surface area contributed by atoms with Crippen LogP contribution in [-0.2, 0) is 14.3 Å². The molecule has 1 heterocycles. The van der Waals surface area contributed by atoms with Gasteiger partial charge in [0.25, 0.3) is 0 Å². The molecular weight excluding hydrogens is 242 g/mol. The highest BCUT2D eigenvalue weighted by Gasteiger charge is 2.41. The lowest BCUT2D eigenvalue weighted by Gasteiger charge is -2.10. The lowest BCUT2D eigenvalue weighted by molar-refractivity contribution is -0.147. The maximum absolute atomic E-state index is 12.0. The molecule has 17 heavy (non-hydrogen) atoms. The van der Waals surface area contributed by atoms with Gasteiger partial charge in [0.1, 0.15) is 0 Å². The number of halogens is 1. The standard InChI is InChI=1S/C12H12ClNO3/c1-3-17-12(16)10-8-6-7(13)4-5-9(8)14(2)11(10)15/h4-6,10H,3H2,1-2H3. The molecule has 0 spiro atoms. The van der Waals surface area contributed by atoms with Gasteiger partial charge in [-0.15, -0.1) is 0 Å². The minimum absolute atomic E-state index is 0.252. The van der Waals surface area contributed by atoms with E-state index >= 15 is 0 Å². The highest BCUT2D eigenvalue weighted by molar-refractivity contribution is 6.31. The summed E-state index contributed by atoms with van der Waals surface area (Å²) in [6.45, 7) is 1.96. The summed E-state index contributed by atoms with van der Waals surface area (Å²) in [6, 6.07) is 5.06. The molecule has 0 radical (unpaired) electrons. The number of amides is 1. The van der Waals surface area contributed by atoms with Crippen LogP contribution in [0.25, 0.3) is 0 Å². The number of hydrogen-bond donors (Lipinski definition) is 0. The first-order valence-corrected chi connectivity index (χ1v) is 5.67. The van der Waals surface area contributed by atoms with E-state index < -0.39 is 11.9 Å². The summed E-state index contributed by atoms with van der Waals surface area (Å²) in [7, 11) is 1.63. The molecule has 1 aliphatic rings. The smallest absolute Gasteiger partial charge is 0.323 e. The molecule has 90 valence electrons. The molecular formula is C12H12ClNO3. The minimum Gasteiger partial charge on any atom is -0.465 e. The molecule has 0 fully saturated rings. The number of nitrogens with zero attached hydrogens (tertiary/aromatic N) is 1. The van der Waals surface area contributed by atoms with Crippen molar-refractivity contribution in [2.45, 2.75) is 12.8 Å². The van der Waals surface area contributed by atoms with Gasteiger partial charge in [0, 0.05) is 23.3 Å². The predicted octanol–water partition coefficient (Wildman–Crippen LogP) is 1.96. The number of rotatable bonds is 2. The third-order valence-corrected chi connectivity index (χ3v) is 3.00. The summed E-state index contributed by atoms with van der Waals surface area (Å²) in [5.74, 6) is -1.68. The number of fused-ring (bicyclic) bond motifs is 1. The van der Waals surface area contributed by atoms with E-state index in [4.69, 9.17) is 16.3 Å². The van der Waals surface area contributed by atoms with Gasteiger partial charge in [0.15, 0.2) is 5.92 Å². The normalized spacial score (nSPS) is 18.2. The van der Waals surface area contributed by atoms with Gasteiger partial charge in [0.2, 0.25) is 5.91 Å². The first kappa shape index (κ1) is 11.9. The van der Waals surface area contributed by atoms with E-state index in [0.717, 1.165) is 0 Å². The van der Waals surface area contributed by atoms with Gasteiger partial charge in [0.05, 0.1) is 6.61 Å². The van der Waals surface area contributed by atoms with E-state index in [1.54, 1.807) is 32.2 Å². The maximum Gasteiger partial charge on any atom is 0.323 e. The molecule has 0 aromatic heterocycles. The zero-order valence-corrected chi connectivity index (χ0v) is 10.3. The van der Waals surface area contributed by atoms with Crippen LogP contribution in [0, 0.1) is 0 Å². The van der Waals surface area contributed by atoms with E-state index in [-0.39, 0.29) is 12.5 Å². The molecule has 2 rings (SSSR count). The van der Waals surface area contributed by atoms with E-state index in [1.165, 1.54) is 4.90 Å². The molecule has 0 N–H and O–H groups in total. The largest absolute Gasteiger partial charge is 0.465 e. The zero-order chi connectivity index (χ0) is 12.6. The van der Waals surface area contributed by atoms with Crippen molar-refractivity contribution in [1.82, 2.24) is 0 Å². The second kappa shape index (κ2) is 4.37. The van der Waals surface area contributed by atoms with Crippen molar-refractivity contribution >= 4 is 29.2 Å². The highest BCUT2D eigenvalue weighted by Crippen LogP contribution is 2.38. The minimum atomic E-state index is -0.881. The van der Waals surface area contributed by atoms with Crippen molar-refractivity contribution in [2.75, 3.05) is 18.6 Å². The van der Waals surface area contributed by atoms with Crippen LogP contribution >= 0.6 is 11.6 Å². The summed E-state index contributed by atoms with van der Waals surface area (Å²) >= 11 is 5.88. The van der Waals surface area contributed by atoms with Gasteiger partial charge in [-0.3, -0.25) is 9.59 Å². The van der Waals surface area contributed by atoms with E-state index in [1.807, 2.05) is 0 Å². The van der Waals surface area contributed by atoms with Gasteiger partial charge < -0.3 is 9.64 Å². The van der Waals surface area contributed by atoms with E-state index in [0.29, 0.717) is 16.3 Å². The van der Waals surface area contributed by atoms with Crippen molar-refractivity contribution in [3.8, 4) is 0 Å². The van der Waals surface area contributed by atoms with Crippen LogP contribution in [-0.4, -0.2) is 25.5 Å². The Kier molecular flexibility index (Phi) is 3.07. The van der Waals surface area contributed by atoms with Crippen molar-refractivity contribution in [2.24, 2.45) is 0 Å². The second-order valence-corrected chi connectivity index (χ2v) is 4.22. The molecule has 0 aliphatic carbocycles. The molecule has 0 saturated heterocycles. The molecule has 0 bridgehead atoms. The Labute approximate surface area is 104 Å². The Bertz CT molecular complexity index is 487. The van der Waals surface area contributed by atoms with Crippen molar-refractivity contribution < 1.29 is 14.3 Å². The van der Waals surface area contributed by atoms with Crippen molar-refractivity contribution in [1.29, 1.82) is 0 Å². The average molecular weight is 254 g/mol. The number of anilines is 1. The monoisotopic (exact) mass is 253 g/mol. The number of ether oxygens (including phenoxy) is 1. The fourth-order valence-corrected chi connectivity index (χ4v) is 2.14. The molecule has 1 aromatic carbocycles. The number of esters is 1. The molecule has 5 heteroatoms. The Balaban J connectivity index is 2.46. The van der Waals surface area contributed by atoms with Crippen LogP contribution in [0.4, 0.5) is 5.69 Å². The molecule has 1 unspecified atom stereocenters. The number of hydrogen-bond acceptors (Lipinski definition) is 3. The third-order valence-electron chi connectivity index (χ3n) is 2.76. The van der Waals surface area contributed by atoms with Gasteiger partial charge in [-0.05, 0) is 25.1 Å². The van der Waals surface area contributed by atoms with Crippen molar-refractivity contribution in [3.05, 3.63) is 28.8 Å². The average Bonchev–Trinajstić information content (AvgIpc) is 2.51. The topological polar surface area (TPSA) is 46.6 Å². The Morgan fingerprint density at radius 3 is 2.88 bits per heavy atom. The van der Waals surface area contributed by atoms with Gasteiger partial charge in [-0.25, -0.2) is 0 Å². The molecule has 1 amide bonds. The Morgan fingerprint density at radius 1 is 1.53 bits per heavy atom. The number of likely N-dealkylation sites (N-methyl/N-ethyl adjacent to an activating group) is 1. The lowest BCUT2D eigenvalue weighted by Crippen LogP contribution is -2.29. The molecule has 1 atom stereocenters. The SMILES string of the molecule is CCOC(=O)C1C(=O)N(C)c2ccc(Cl)cc21. The molecule has 0 saturated carbocycles. The highest BCUT2D eigenvalue weighted by atomic mass is 35.5. The van der Waals surface area contributed by atoms with Crippen LogP contribution in [0.5, 0.6) is 0 Å². The van der Waals surface area contributed by atoms with Gasteiger partial charge in [-0.2, -0.15) is 0 Å². The van der Waals surface area contributed by atoms with E-state index in [2.05, 4.69) is 0 Å². The first-order valence-electron chi connectivity index (χ1n) is 5.30. The summed E-state index contributed by atoms with van der Waals surface area (Å²) < 4.78 is 4.91. The fraction of sp³-hybridized carbons (Fsp3) is 0.333. The van der Waals surface area contributed by atoms with E-state index in [9.17, 15) is 9.59 Å².